The first-order valence-electron chi connectivity index (χ1n) is 6.91. The third-order valence-corrected chi connectivity index (χ3v) is 4.22. The van der Waals surface area contributed by atoms with Crippen molar-refractivity contribution < 1.29 is 9.59 Å². The van der Waals surface area contributed by atoms with Gasteiger partial charge in [-0.1, -0.05) is 19.3 Å². The summed E-state index contributed by atoms with van der Waals surface area (Å²) in [5.41, 5.74) is -0.357. The Morgan fingerprint density at radius 3 is 2.56 bits per heavy atom. The number of nitrogens with zero attached hydrogens (tertiary/aromatic N) is 2. The molecule has 2 amide bonds. The average Bonchev–Trinajstić information content (AvgIpc) is 2.59. The maximum Gasteiger partial charge on any atom is 0.235 e. The number of rotatable bonds is 4. The Balaban J connectivity index is 1.94. The summed E-state index contributed by atoms with van der Waals surface area (Å²) in [5, 5.41) is 8.46. The molecule has 0 radical (unpaired) electrons. The number of amides is 2. The number of carbonyl (C=O) groups is 2. The Labute approximate surface area is 108 Å². The first-order chi connectivity index (χ1) is 8.69. The maximum absolute atomic E-state index is 12.4. The second kappa shape index (κ2) is 5.51. The Bertz CT molecular complexity index is 378. The van der Waals surface area contributed by atoms with Crippen LogP contribution in [-0.4, -0.2) is 23.3 Å². The van der Waals surface area contributed by atoms with Gasteiger partial charge in [0.2, 0.25) is 11.8 Å². The summed E-state index contributed by atoms with van der Waals surface area (Å²) in [4.78, 5) is 25.8. The second-order valence-electron chi connectivity index (χ2n) is 5.48. The predicted octanol–water partition coefficient (Wildman–Crippen LogP) is 2.39. The topological polar surface area (TPSA) is 61.2 Å². The number of hydrogen-bond acceptors (Lipinski definition) is 3. The van der Waals surface area contributed by atoms with Gasteiger partial charge in [0.15, 0.2) is 0 Å². The van der Waals surface area contributed by atoms with Gasteiger partial charge < -0.3 is 0 Å². The minimum Gasteiger partial charge on any atom is -0.282 e. The van der Waals surface area contributed by atoms with Crippen LogP contribution >= 0.6 is 0 Å². The largest absolute Gasteiger partial charge is 0.282 e. The molecule has 18 heavy (non-hydrogen) atoms. The molecule has 0 aromatic carbocycles. The highest BCUT2D eigenvalue weighted by atomic mass is 16.2. The van der Waals surface area contributed by atoms with E-state index in [1.807, 2.05) is 0 Å². The van der Waals surface area contributed by atoms with E-state index in [-0.39, 0.29) is 17.2 Å². The number of unbranched alkanes of at least 4 members (excludes halogenated alkanes) is 2. The highest BCUT2D eigenvalue weighted by molar-refractivity contribution is 6.05. The highest BCUT2D eigenvalue weighted by Crippen LogP contribution is 2.45. The van der Waals surface area contributed by atoms with Gasteiger partial charge in [-0.25, -0.2) is 0 Å². The van der Waals surface area contributed by atoms with Crippen molar-refractivity contribution in [2.45, 2.75) is 57.8 Å². The van der Waals surface area contributed by atoms with Gasteiger partial charge in [-0.3, -0.25) is 14.5 Å². The molecule has 4 heteroatoms. The number of likely N-dealkylation sites (tertiary alicyclic amines) is 1. The van der Waals surface area contributed by atoms with Gasteiger partial charge in [0.25, 0.3) is 0 Å². The zero-order valence-corrected chi connectivity index (χ0v) is 10.8. The monoisotopic (exact) mass is 248 g/mol. The smallest absolute Gasteiger partial charge is 0.235 e. The molecule has 1 saturated heterocycles. The first kappa shape index (κ1) is 13.1. The molecule has 0 bridgehead atoms. The zero-order valence-electron chi connectivity index (χ0n) is 10.8. The molecule has 2 fully saturated rings. The average molecular weight is 248 g/mol. The van der Waals surface area contributed by atoms with Crippen molar-refractivity contribution in [3.63, 3.8) is 0 Å². The third-order valence-electron chi connectivity index (χ3n) is 4.22. The van der Waals surface area contributed by atoms with E-state index >= 15 is 0 Å². The molecule has 0 atom stereocenters. The van der Waals surface area contributed by atoms with E-state index < -0.39 is 0 Å². The van der Waals surface area contributed by atoms with Crippen LogP contribution in [0, 0.1) is 16.7 Å². The van der Waals surface area contributed by atoms with Gasteiger partial charge in [-0.15, -0.1) is 0 Å². The molecular weight excluding hydrogens is 228 g/mol. The minimum atomic E-state index is -0.357. The molecule has 4 nitrogen and oxygen atoms in total. The van der Waals surface area contributed by atoms with Crippen LogP contribution in [0.5, 0.6) is 0 Å². The van der Waals surface area contributed by atoms with E-state index in [4.69, 9.17) is 5.26 Å². The van der Waals surface area contributed by atoms with E-state index in [1.54, 1.807) is 0 Å². The molecule has 1 aliphatic heterocycles. The van der Waals surface area contributed by atoms with Gasteiger partial charge in [0.1, 0.15) is 0 Å². The fraction of sp³-hybridized carbons (Fsp3) is 0.786. The van der Waals surface area contributed by atoms with E-state index in [2.05, 4.69) is 6.07 Å². The molecule has 0 N–H and O–H groups in total. The van der Waals surface area contributed by atoms with Crippen LogP contribution in [0.4, 0.5) is 0 Å². The SMILES string of the molecule is N#CCCCCN1C(=O)CC2(CCCCC2)C1=O. The van der Waals surface area contributed by atoms with Crippen molar-refractivity contribution in [3.05, 3.63) is 0 Å². The van der Waals surface area contributed by atoms with Crippen molar-refractivity contribution in [2.75, 3.05) is 6.54 Å². The fourth-order valence-corrected chi connectivity index (χ4v) is 3.18. The highest BCUT2D eigenvalue weighted by Gasteiger charge is 2.50. The maximum atomic E-state index is 12.4. The standard InChI is InChI=1S/C14H20N2O2/c15-9-5-2-6-10-16-12(17)11-14(13(16)18)7-3-1-4-8-14/h1-8,10-11H2. The predicted molar refractivity (Wildman–Crippen MR) is 66.3 cm³/mol. The first-order valence-corrected chi connectivity index (χ1v) is 6.91. The van der Waals surface area contributed by atoms with Gasteiger partial charge in [-0.2, -0.15) is 5.26 Å². The molecule has 98 valence electrons. The van der Waals surface area contributed by atoms with Crippen molar-refractivity contribution >= 4 is 11.8 Å². The quantitative estimate of drug-likeness (QED) is 0.567. The second-order valence-corrected chi connectivity index (χ2v) is 5.48. The van der Waals surface area contributed by atoms with Crippen LogP contribution in [0.15, 0.2) is 0 Å². The summed E-state index contributed by atoms with van der Waals surface area (Å²) in [6.07, 6.45) is 7.53. The molecule has 2 rings (SSSR count). The van der Waals surface area contributed by atoms with E-state index in [0.29, 0.717) is 19.4 Å². The van der Waals surface area contributed by atoms with Gasteiger partial charge in [0, 0.05) is 19.4 Å². The van der Waals surface area contributed by atoms with Crippen molar-refractivity contribution in [1.29, 1.82) is 5.26 Å². The summed E-state index contributed by atoms with van der Waals surface area (Å²) >= 11 is 0. The van der Waals surface area contributed by atoms with Crippen molar-refractivity contribution in [2.24, 2.45) is 5.41 Å². The minimum absolute atomic E-state index is 0.00106. The lowest BCUT2D eigenvalue weighted by Gasteiger charge is -2.30. The van der Waals surface area contributed by atoms with E-state index in [0.717, 1.165) is 38.5 Å². The number of imide groups is 1. The van der Waals surface area contributed by atoms with Crippen LogP contribution in [0.1, 0.15) is 57.8 Å². The number of carbonyl (C=O) groups excluding carboxylic acids is 2. The van der Waals surface area contributed by atoms with Gasteiger partial charge >= 0.3 is 0 Å². The van der Waals surface area contributed by atoms with E-state index in [9.17, 15) is 9.59 Å². The summed E-state index contributed by atoms with van der Waals surface area (Å²) in [6.45, 7) is 0.501. The van der Waals surface area contributed by atoms with Crippen molar-refractivity contribution in [1.82, 2.24) is 4.90 Å². The number of nitriles is 1. The summed E-state index contributed by atoms with van der Waals surface area (Å²) in [5.74, 6) is 0.0583. The Morgan fingerprint density at radius 2 is 1.89 bits per heavy atom. The third kappa shape index (κ3) is 2.40. The fourth-order valence-electron chi connectivity index (χ4n) is 3.18. The normalized spacial score (nSPS) is 22.5. The molecule has 1 aliphatic carbocycles. The molecule has 0 aromatic rings. The van der Waals surface area contributed by atoms with Gasteiger partial charge in [0.05, 0.1) is 11.5 Å². The molecule has 1 saturated carbocycles. The lowest BCUT2D eigenvalue weighted by Crippen LogP contribution is -2.37. The Hall–Kier alpha value is -1.37. The van der Waals surface area contributed by atoms with Crippen molar-refractivity contribution in [3.8, 4) is 6.07 Å². The number of hydrogen-bond donors (Lipinski definition) is 0. The Kier molecular flexibility index (Phi) is 4.00. The zero-order chi connectivity index (χ0) is 13.0. The van der Waals surface area contributed by atoms with Crippen LogP contribution < -0.4 is 0 Å². The van der Waals surface area contributed by atoms with Gasteiger partial charge in [-0.05, 0) is 25.7 Å². The molecule has 0 aromatic heterocycles. The summed E-state index contributed by atoms with van der Waals surface area (Å²) in [7, 11) is 0. The van der Waals surface area contributed by atoms with Crippen LogP contribution in [0.25, 0.3) is 0 Å². The van der Waals surface area contributed by atoms with Crippen LogP contribution in [-0.2, 0) is 9.59 Å². The molecular formula is C14H20N2O2. The van der Waals surface area contributed by atoms with Crippen LogP contribution in [0.3, 0.4) is 0 Å². The molecule has 2 aliphatic rings. The van der Waals surface area contributed by atoms with E-state index in [1.165, 1.54) is 11.3 Å². The lowest BCUT2D eigenvalue weighted by atomic mass is 9.73. The molecule has 1 heterocycles. The molecule has 1 spiro atoms. The lowest BCUT2D eigenvalue weighted by molar-refractivity contribution is -0.142. The Morgan fingerprint density at radius 1 is 1.17 bits per heavy atom. The molecule has 0 unspecified atom stereocenters. The van der Waals surface area contributed by atoms with Crippen LogP contribution in [0.2, 0.25) is 0 Å². The summed E-state index contributed by atoms with van der Waals surface area (Å²) < 4.78 is 0. The summed E-state index contributed by atoms with van der Waals surface area (Å²) in [6, 6.07) is 2.08.